The van der Waals surface area contributed by atoms with Gasteiger partial charge < -0.3 is 30.7 Å². The number of hydrogen-bond acceptors (Lipinski definition) is 7. The number of aromatic hydroxyl groups is 1. The van der Waals surface area contributed by atoms with Gasteiger partial charge in [-0.25, -0.2) is 4.98 Å². The van der Waals surface area contributed by atoms with E-state index in [4.69, 9.17) is 15.6 Å². The lowest BCUT2D eigenvalue weighted by molar-refractivity contribution is 0.00842. The molecule has 27 heavy (non-hydrogen) atoms. The van der Waals surface area contributed by atoms with Crippen LogP contribution in [0.25, 0.3) is 12.2 Å². The number of pyridine rings is 1. The average Bonchev–Trinajstić information content (AvgIpc) is 2.70. The van der Waals surface area contributed by atoms with E-state index >= 15 is 0 Å². The molecule has 7 heteroatoms. The van der Waals surface area contributed by atoms with E-state index in [9.17, 15) is 10.2 Å². The van der Waals surface area contributed by atoms with Gasteiger partial charge in [-0.1, -0.05) is 24.3 Å². The molecule has 1 heterocycles. The molecular weight excluding hydrogens is 346 g/mol. The Labute approximate surface area is 159 Å². The Bertz CT molecular complexity index is 689. The van der Waals surface area contributed by atoms with E-state index in [1.54, 1.807) is 18.3 Å². The summed E-state index contributed by atoms with van der Waals surface area (Å²) < 4.78 is 5.38. The predicted octanol–water partition coefficient (Wildman–Crippen LogP) is 1.09. The van der Waals surface area contributed by atoms with Crippen molar-refractivity contribution in [1.82, 2.24) is 4.98 Å². The Hall–Kier alpha value is -2.45. The van der Waals surface area contributed by atoms with Gasteiger partial charge >= 0.3 is 0 Å². The van der Waals surface area contributed by atoms with E-state index in [1.807, 2.05) is 36.4 Å². The molecule has 1 unspecified atom stereocenters. The molecule has 0 saturated heterocycles. The topological polar surface area (TPSA) is 112 Å². The van der Waals surface area contributed by atoms with Gasteiger partial charge in [-0.05, 0) is 29.3 Å². The maximum atomic E-state index is 9.29. The number of rotatable bonds is 11. The largest absolute Gasteiger partial charge is 0.493 e. The van der Waals surface area contributed by atoms with Crippen molar-refractivity contribution in [3.8, 4) is 5.88 Å². The minimum absolute atomic E-state index is 0.00588. The Morgan fingerprint density at radius 3 is 2.41 bits per heavy atom. The molecule has 146 valence electrons. The number of nitrogens with zero attached hydrogens (tertiary/aromatic N) is 2. The fourth-order valence-electron chi connectivity index (χ4n) is 2.46. The van der Waals surface area contributed by atoms with Crippen LogP contribution in [0.15, 0.2) is 42.6 Å². The van der Waals surface area contributed by atoms with Crippen LogP contribution >= 0.6 is 0 Å². The standard InChI is InChI=1S/C20H27N3O4/c21-9-10-23(11-12-27-15-19(25)14-24)18-6-3-16(4-7-18)1-2-17-5-8-20(26)22-13-17/h1-8,13,19,24-25H,9-12,14-15,21H2,(H,22,26)/b2-1+. The SMILES string of the molecule is NCCN(CCOCC(O)CO)c1ccc(/C=C/c2ccc(O)nc2)cc1. The zero-order valence-corrected chi connectivity index (χ0v) is 15.2. The smallest absolute Gasteiger partial charge is 0.210 e. The lowest BCUT2D eigenvalue weighted by Gasteiger charge is -2.24. The molecular formula is C20H27N3O4. The maximum Gasteiger partial charge on any atom is 0.210 e. The summed E-state index contributed by atoms with van der Waals surface area (Å²) in [5, 5.41) is 27.3. The van der Waals surface area contributed by atoms with E-state index in [0.717, 1.165) is 16.8 Å². The number of aromatic nitrogens is 1. The third-order valence-electron chi connectivity index (χ3n) is 3.92. The van der Waals surface area contributed by atoms with Crippen LogP contribution in [0.5, 0.6) is 5.88 Å². The minimum Gasteiger partial charge on any atom is -0.493 e. The van der Waals surface area contributed by atoms with Crippen LogP contribution in [0.2, 0.25) is 0 Å². The first-order valence-electron chi connectivity index (χ1n) is 8.87. The molecule has 5 N–H and O–H groups in total. The molecule has 2 rings (SSSR count). The number of nitrogens with two attached hydrogens (primary N) is 1. The normalized spacial score (nSPS) is 12.4. The van der Waals surface area contributed by atoms with Crippen molar-refractivity contribution in [3.05, 3.63) is 53.7 Å². The van der Waals surface area contributed by atoms with Crippen LogP contribution in [0.3, 0.4) is 0 Å². The molecule has 1 aromatic carbocycles. The highest BCUT2D eigenvalue weighted by Crippen LogP contribution is 2.17. The molecule has 0 aliphatic heterocycles. The molecule has 0 radical (unpaired) electrons. The molecule has 1 aromatic heterocycles. The molecule has 1 atom stereocenters. The monoisotopic (exact) mass is 373 g/mol. The Morgan fingerprint density at radius 1 is 1.07 bits per heavy atom. The van der Waals surface area contributed by atoms with Crippen molar-refractivity contribution in [3.63, 3.8) is 0 Å². The van der Waals surface area contributed by atoms with Gasteiger partial charge in [0.2, 0.25) is 5.88 Å². The zero-order valence-electron chi connectivity index (χ0n) is 15.2. The molecule has 0 aliphatic carbocycles. The van der Waals surface area contributed by atoms with Gasteiger partial charge in [0.15, 0.2) is 0 Å². The number of anilines is 1. The van der Waals surface area contributed by atoms with Crippen molar-refractivity contribution >= 4 is 17.8 Å². The second-order valence-corrected chi connectivity index (χ2v) is 6.06. The van der Waals surface area contributed by atoms with E-state index < -0.39 is 6.10 Å². The summed E-state index contributed by atoms with van der Waals surface area (Å²) in [7, 11) is 0. The van der Waals surface area contributed by atoms with Gasteiger partial charge in [0.05, 0.1) is 19.8 Å². The third-order valence-corrected chi connectivity index (χ3v) is 3.92. The fraction of sp³-hybridized carbons (Fsp3) is 0.350. The highest BCUT2D eigenvalue weighted by atomic mass is 16.5. The van der Waals surface area contributed by atoms with Crippen molar-refractivity contribution in [2.45, 2.75) is 6.10 Å². The quantitative estimate of drug-likeness (QED) is 0.436. The zero-order chi connectivity index (χ0) is 19.5. The summed E-state index contributed by atoms with van der Waals surface area (Å²) in [4.78, 5) is 5.96. The van der Waals surface area contributed by atoms with Crippen LogP contribution in [0.1, 0.15) is 11.1 Å². The second kappa shape index (κ2) is 11.3. The van der Waals surface area contributed by atoms with E-state index in [2.05, 4.69) is 9.88 Å². The Morgan fingerprint density at radius 2 is 1.78 bits per heavy atom. The van der Waals surface area contributed by atoms with Gasteiger partial charge in [0.1, 0.15) is 6.10 Å². The predicted molar refractivity (Wildman–Crippen MR) is 106 cm³/mol. The number of ether oxygens (including phenoxy) is 1. The van der Waals surface area contributed by atoms with E-state index in [0.29, 0.717) is 26.2 Å². The molecule has 2 aromatic rings. The van der Waals surface area contributed by atoms with Crippen molar-refractivity contribution in [2.24, 2.45) is 5.73 Å². The van der Waals surface area contributed by atoms with Crippen molar-refractivity contribution < 1.29 is 20.1 Å². The third kappa shape index (κ3) is 7.36. The van der Waals surface area contributed by atoms with Gasteiger partial charge in [0, 0.05) is 37.6 Å². The maximum absolute atomic E-state index is 9.29. The highest BCUT2D eigenvalue weighted by Gasteiger charge is 2.07. The van der Waals surface area contributed by atoms with Crippen molar-refractivity contribution in [2.75, 3.05) is 44.4 Å². The highest BCUT2D eigenvalue weighted by molar-refractivity contribution is 5.70. The van der Waals surface area contributed by atoms with Crippen LogP contribution in [-0.4, -0.2) is 65.9 Å². The van der Waals surface area contributed by atoms with Gasteiger partial charge in [-0.3, -0.25) is 0 Å². The molecule has 0 fully saturated rings. The summed E-state index contributed by atoms with van der Waals surface area (Å²) in [6, 6.07) is 11.4. The summed E-state index contributed by atoms with van der Waals surface area (Å²) in [5.74, 6) is 0.00588. The Kier molecular flexibility index (Phi) is 8.73. The molecule has 0 amide bonds. The van der Waals surface area contributed by atoms with Gasteiger partial charge in [-0.15, -0.1) is 0 Å². The first-order valence-corrected chi connectivity index (χ1v) is 8.87. The van der Waals surface area contributed by atoms with Crippen molar-refractivity contribution in [1.29, 1.82) is 0 Å². The van der Waals surface area contributed by atoms with Gasteiger partial charge in [0.25, 0.3) is 0 Å². The molecule has 0 bridgehead atoms. The van der Waals surface area contributed by atoms with E-state index in [-0.39, 0.29) is 19.1 Å². The van der Waals surface area contributed by atoms with Crippen LogP contribution in [-0.2, 0) is 4.74 Å². The van der Waals surface area contributed by atoms with E-state index in [1.165, 1.54) is 0 Å². The number of aliphatic hydroxyl groups excluding tert-OH is 2. The molecule has 0 spiro atoms. The first kappa shape index (κ1) is 20.9. The van der Waals surface area contributed by atoms with Crippen LogP contribution in [0.4, 0.5) is 5.69 Å². The summed E-state index contributed by atoms with van der Waals surface area (Å²) in [5.41, 5.74) is 8.69. The lowest BCUT2D eigenvalue weighted by atomic mass is 10.1. The minimum atomic E-state index is -0.845. The first-order chi connectivity index (χ1) is 13.1. The number of benzene rings is 1. The lowest BCUT2D eigenvalue weighted by Crippen LogP contribution is -2.33. The molecule has 0 saturated carbocycles. The van der Waals surface area contributed by atoms with Crippen LogP contribution in [0, 0.1) is 0 Å². The van der Waals surface area contributed by atoms with Crippen LogP contribution < -0.4 is 10.6 Å². The molecule has 7 nitrogen and oxygen atoms in total. The fourth-order valence-corrected chi connectivity index (χ4v) is 2.46. The summed E-state index contributed by atoms with van der Waals surface area (Å²) in [6.07, 6.45) is 4.67. The number of hydrogen-bond donors (Lipinski definition) is 4. The van der Waals surface area contributed by atoms with Gasteiger partial charge in [-0.2, -0.15) is 0 Å². The second-order valence-electron chi connectivity index (χ2n) is 6.06. The summed E-state index contributed by atoms with van der Waals surface area (Å²) in [6.45, 7) is 2.11. The Balaban J connectivity index is 1.92. The summed E-state index contributed by atoms with van der Waals surface area (Å²) >= 11 is 0. The average molecular weight is 373 g/mol. The number of aliphatic hydroxyl groups is 2. The molecule has 0 aliphatic rings.